The van der Waals surface area contributed by atoms with Crippen molar-refractivity contribution in [2.45, 2.75) is 175 Å². The predicted molar refractivity (Wildman–Crippen MR) is 219 cm³/mol. The molecule has 294 valence electrons. The molecular formula is C46H74O6. The summed E-state index contributed by atoms with van der Waals surface area (Å²) in [4.78, 5) is 37.5. The highest BCUT2D eigenvalue weighted by Crippen LogP contribution is 2.12. The number of ether oxygens (including phenoxy) is 3. The number of esters is 3. The van der Waals surface area contributed by atoms with Gasteiger partial charge in [0.2, 0.25) is 0 Å². The van der Waals surface area contributed by atoms with E-state index in [0.717, 1.165) is 83.5 Å². The molecule has 52 heavy (non-hydrogen) atoms. The minimum atomic E-state index is -0.810. The van der Waals surface area contributed by atoms with Crippen LogP contribution in [0.2, 0.25) is 0 Å². The molecule has 0 aromatic rings. The zero-order valence-electron chi connectivity index (χ0n) is 33.3. The van der Waals surface area contributed by atoms with Gasteiger partial charge in [0.15, 0.2) is 6.10 Å². The Morgan fingerprint density at radius 3 is 1.29 bits per heavy atom. The summed E-state index contributed by atoms with van der Waals surface area (Å²) < 4.78 is 16.5. The predicted octanol–water partition coefficient (Wildman–Crippen LogP) is 12.9. The van der Waals surface area contributed by atoms with E-state index in [4.69, 9.17) is 14.2 Å². The largest absolute Gasteiger partial charge is 0.462 e. The van der Waals surface area contributed by atoms with Crippen LogP contribution in [-0.2, 0) is 28.6 Å². The minimum Gasteiger partial charge on any atom is -0.462 e. The second-order valence-corrected chi connectivity index (χ2v) is 13.3. The Bertz CT molecular complexity index is 1060. The summed E-state index contributed by atoms with van der Waals surface area (Å²) in [6, 6.07) is 0. The van der Waals surface area contributed by atoms with E-state index in [2.05, 4.69) is 51.2 Å². The summed E-state index contributed by atoms with van der Waals surface area (Å²) in [5.74, 6) is -1.02. The van der Waals surface area contributed by atoms with Crippen LogP contribution in [0.15, 0.2) is 85.1 Å². The number of unbranched alkanes of at least 4 members (excludes halogenated alkanes) is 14. The molecular weight excluding hydrogens is 648 g/mol. The maximum atomic E-state index is 12.6. The third kappa shape index (κ3) is 37.8. The van der Waals surface area contributed by atoms with Gasteiger partial charge in [-0.3, -0.25) is 14.4 Å². The Hall–Kier alpha value is -3.41. The molecule has 0 radical (unpaired) electrons. The van der Waals surface area contributed by atoms with Crippen LogP contribution in [0.25, 0.3) is 0 Å². The third-order valence-corrected chi connectivity index (χ3v) is 8.23. The maximum absolute atomic E-state index is 12.6. The van der Waals surface area contributed by atoms with Gasteiger partial charge in [0.1, 0.15) is 13.2 Å². The van der Waals surface area contributed by atoms with Gasteiger partial charge in [0.05, 0.1) is 0 Å². The zero-order valence-corrected chi connectivity index (χ0v) is 33.3. The van der Waals surface area contributed by atoms with Gasteiger partial charge in [0, 0.05) is 19.3 Å². The van der Waals surface area contributed by atoms with Crippen molar-refractivity contribution in [2.75, 3.05) is 13.2 Å². The van der Waals surface area contributed by atoms with Gasteiger partial charge in [-0.1, -0.05) is 164 Å². The fourth-order valence-corrected chi connectivity index (χ4v) is 5.08. The highest BCUT2D eigenvalue weighted by molar-refractivity contribution is 5.71. The van der Waals surface area contributed by atoms with Crippen molar-refractivity contribution in [3.63, 3.8) is 0 Å². The van der Waals surface area contributed by atoms with E-state index in [-0.39, 0.29) is 37.5 Å². The second-order valence-electron chi connectivity index (χ2n) is 13.3. The quantitative estimate of drug-likeness (QED) is 0.0213. The van der Waals surface area contributed by atoms with Crippen molar-refractivity contribution in [3.8, 4) is 0 Å². The number of carbonyl (C=O) groups excluding carboxylic acids is 3. The van der Waals surface area contributed by atoms with Crippen molar-refractivity contribution in [1.29, 1.82) is 0 Å². The smallest absolute Gasteiger partial charge is 0.306 e. The molecule has 6 nitrogen and oxygen atoms in total. The van der Waals surface area contributed by atoms with E-state index in [1.807, 2.05) is 54.7 Å². The van der Waals surface area contributed by atoms with Crippen molar-refractivity contribution >= 4 is 17.9 Å². The minimum absolute atomic E-state index is 0.110. The van der Waals surface area contributed by atoms with Crippen molar-refractivity contribution in [3.05, 3.63) is 85.1 Å². The van der Waals surface area contributed by atoms with E-state index >= 15 is 0 Å². The van der Waals surface area contributed by atoms with E-state index in [0.29, 0.717) is 19.3 Å². The van der Waals surface area contributed by atoms with Gasteiger partial charge >= 0.3 is 17.9 Å². The molecule has 0 rings (SSSR count). The summed E-state index contributed by atoms with van der Waals surface area (Å²) in [5.41, 5.74) is 0. The standard InChI is InChI=1S/C46H74O6/c1-4-7-10-13-16-19-22-23-25-27-30-33-36-39-45(48)51-42-43(41-50-44(47)38-35-32-29-26-21-18-15-12-9-6-3)52-46(49)40-37-34-31-28-24-20-17-14-11-8-5-2/h7,10,13-19,22-23,25,27,30,43H,4-6,8-9,11-12,20-21,24,26,28-29,31-42H2,1-3H3/b10-7-,16-13-,17-14-,18-15-,22-19-,25-23-,30-27-. The van der Waals surface area contributed by atoms with Gasteiger partial charge in [-0.05, 0) is 70.6 Å². The monoisotopic (exact) mass is 723 g/mol. The molecule has 0 aliphatic carbocycles. The topological polar surface area (TPSA) is 78.9 Å². The Labute approximate surface area is 318 Å². The normalized spacial score (nSPS) is 12.9. The van der Waals surface area contributed by atoms with Crippen LogP contribution in [0, 0.1) is 0 Å². The first-order chi connectivity index (χ1) is 25.5. The summed E-state index contributed by atoms with van der Waals surface area (Å²) in [7, 11) is 0. The molecule has 0 fully saturated rings. The van der Waals surface area contributed by atoms with E-state index in [1.54, 1.807) is 0 Å². The fraction of sp³-hybridized carbons (Fsp3) is 0.630. The molecule has 0 saturated heterocycles. The Morgan fingerprint density at radius 1 is 0.404 bits per heavy atom. The number of allylic oxidation sites excluding steroid dienone is 14. The Kier molecular flexibility index (Phi) is 37.7. The lowest BCUT2D eigenvalue weighted by molar-refractivity contribution is -0.167. The number of hydrogen-bond donors (Lipinski definition) is 0. The van der Waals surface area contributed by atoms with Crippen molar-refractivity contribution in [1.82, 2.24) is 0 Å². The molecule has 0 aliphatic rings. The van der Waals surface area contributed by atoms with Gasteiger partial charge in [-0.2, -0.15) is 0 Å². The highest BCUT2D eigenvalue weighted by Gasteiger charge is 2.19. The van der Waals surface area contributed by atoms with Crippen LogP contribution in [0.4, 0.5) is 0 Å². The lowest BCUT2D eigenvalue weighted by Crippen LogP contribution is -2.30. The van der Waals surface area contributed by atoms with Crippen LogP contribution in [0.3, 0.4) is 0 Å². The van der Waals surface area contributed by atoms with Gasteiger partial charge in [0.25, 0.3) is 0 Å². The highest BCUT2D eigenvalue weighted by atomic mass is 16.6. The molecule has 0 bridgehead atoms. The Morgan fingerprint density at radius 2 is 0.788 bits per heavy atom. The summed E-state index contributed by atoms with van der Waals surface area (Å²) in [6.07, 6.45) is 50.0. The van der Waals surface area contributed by atoms with E-state index < -0.39 is 6.10 Å². The second kappa shape index (κ2) is 40.4. The first kappa shape index (κ1) is 48.6. The molecule has 0 amide bonds. The number of rotatable bonds is 35. The molecule has 0 aromatic carbocycles. The molecule has 0 heterocycles. The summed E-state index contributed by atoms with van der Waals surface area (Å²) in [6.45, 7) is 6.28. The van der Waals surface area contributed by atoms with Crippen molar-refractivity contribution in [2.24, 2.45) is 0 Å². The summed E-state index contributed by atoms with van der Waals surface area (Å²) in [5, 5.41) is 0. The molecule has 1 atom stereocenters. The van der Waals surface area contributed by atoms with Crippen LogP contribution in [-0.4, -0.2) is 37.2 Å². The first-order valence-corrected chi connectivity index (χ1v) is 20.7. The van der Waals surface area contributed by atoms with Crippen LogP contribution in [0.5, 0.6) is 0 Å². The summed E-state index contributed by atoms with van der Waals surface area (Å²) >= 11 is 0. The average Bonchev–Trinajstić information content (AvgIpc) is 3.14. The third-order valence-electron chi connectivity index (χ3n) is 8.23. The van der Waals surface area contributed by atoms with Crippen LogP contribution in [0.1, 0.15) is 168 Å². The molecule has 0 spiro atoms. The molecule has 0 N–H and O–H groups in total. The molecule has 0 saturated carbocycles. The maximum Gasteiger partial charge on any atom is 0.306 e. The lowest BCUT2D eigenvalue weighted by Gasteiger charge is -2.18. The van der Waals surface area contributed by atoms with Crippen LogP contribution < -0.4 is 0 Å². The Balaban J connectivity index is 4.55. The fourth-order valence-electron chi connectivity index (χ4n) is 5.08. The average molecular weight is 723 g/mol. The van der Waals surface area contributed by atoms with Gasteiger partial charge in [-0.25, -0.2) is 0 Å². The molecule has 6 heteroatoms. The molecule has 1 unspecified atom stereocenters. The molecule has 0 aromatic heterocycles. The first-order valence-electron chi connectivity index (χ1n) is 20.7. The van der Waals surface area contributed by atoms with Gasteiger partial charge in [-0.15, -0.1) is 0 Å². The van der Waals surface area contributed by atoms with Crippen LogP contribution >= 0.6 is 0 Å². The lowest BCUT2D eigenvalue weighted by atomic mass is 10.1. The van der Waals surface area contributed by atoms with E-state index in [9.17, 15) is 14.4 Å². The van der Waals surface area contributed by atoms with E-state index in [1.165, 1.54) is 38.5 Å². The number of carbonyl (C=O) groups is 3. The SMILES string of the molecule is CC\C=C/C=C\C=C/C=C\C=C/CCCC(=O)OCC(COC(=O)CCCCCC/C=C\CCCC)OC(=O)CCCCCCC/C=C\CCCC. The van der Waals surface area contributed by atoms with Gasteiger partial charge < -0.3 is 14.2 Å². The molecule has 0 aliphatic heterocycles. The van der Waals surface area contributed by atoms with Crippen molar-refractivity contribution < 1.29 is 28.6 Å². The number of hydrogen-bond acceptors (Lipinski definition) is 6. The zero-order chi connectivity index (χ0) is 38.0.